The highest BCUT2D eigenvalue weighted by Crippen LogP contribution is 2.43. The van der Waals surface area contributed by atoms with Gasteiger partial charge in [-0.05, 0) is 16.8 Å². The zero-order valence-electron chi connectivity index (χ0n) is 10.1. The number of ketones is 1. The van der Waals surface area contributed by atoms with Gasteiger partial charge in [-0.25, -0.2) is 0 Å². The molecule has 0 radical (unpaired) electrons. The Morgan fingerprint density at radius 3 is 2.55 bits per heavy atom. The van der Waals surface area contributed by atoms with Gasteiger partial charge in [0, 0.05) is 0 Å². The number of hydrogen-bond acceptors (Lipinski definition) is 3. The lowest BCUT2D eigenvalue weighted by Gasteiger charge is -2.34. The molecule has 3 nitrogen and oxygen atoms in total. The summed E-state index contributed by atoms with van der Waals surface area (Å²) >= 11 is 0. The van der Waals surface area contributed by atoms with Gasteiger partial charge in [-0.15, -0.1) is 0 Å². The molecule has 1 heterocycles. The molecule has 1 aliphatic heterocycles. The minimum atomic E-state index is -5.04. The maximum absolute atomic E-state index is 12.8. The third kappa shape index (κ3) is 1.76. The molecule has 0 saturated carbocycles. The molecular formula is C14H9F3O3. The molecule has 0 aromatic heterocycles. The highest BCUT2D eigenvalue weighted by atomic mass is 19.4. The van der Waals surface area contributed by atoms with Gasteiger partial charge in [0.25, 0.3) is 0 Å². The van der Waals surface area contributed by atoms with Crippen LogP contribution in [-0.2, 0) is 0 Å². The van der Waals surface area contributed by atoms with E-state index in [1.165, 1.54) is 6.07 Å². The van der Waals surface area contributed by atoms with Crippen LogP contribution in [0, 0.1) is 0 Å². The van der Waals surface area contributed by atoms with Crippen LogP contribution in [0.25, 0.3) is 10.8 Å². The van der Waals surface area contributed by atoms with Gasteiger partial charge >= 0.3 is 12.0 Å². The lowest BCUT2D eigenvalue weighted by molar-refractivity contribution is -0.334. The fourth-order valence-electron chi connectivity index (χ4n) is 2.31. The molecule has 0 aliphatic carbocycles. The Kier molecular flexibility index (Phi) is 2.56. The van der Waals surface area contributed by atoms with Crippen LogP contribution >= 0.6 is 0 Å². The monoisotopic (exact) mass is 282 g/mol. The van der Waals surface area contributed by atoms with Gasteiger partial charge in [-0.3, -0.25) is 4.79 Å². The van der Waals surface area contributed by atoms with Crippen molar-refractivity contribution in [2.45, 2.75) is 18.4 Å². The quantitative estimate of drug-likeness (QED) is 0.807. The fourth-order valence-corrected chi connectivity index (χ4v) is 2.31. The molecular weight excluding hydrogens is 273 g/mol. The van der Waals surface area contributed by atoms with Gasteiger partial charge in [0.1, 0.15) is 5.75 Å². The number of rotatable bonds is 0. The SMILES string of the molecule is O=C1CC(O)(C(F)(F)F)Oc2ccc3ccccc3c21. The maximum atomic E-state index is 12.8. The molecule has 2 aromatic carbocycles. The van der Waals surface area contributed by atoms with E-state index in [1.54, 1.807) is 30.3 Å². The highest BCUT2D eigenvalue weighted by molar-refractivity contribution is 6.11. The molecule has 3 rings (SSSR count). The number of halogens is 3. The summed E-state index contributed by atoms with van der Waals surface area (Å²) in [6, 6.07) is 9.63. The number of aliphatic hydroxyl groups is 1. The van der Waals surface area contributed by atoms with Crippen molar-refractivity contribution >= 4 is 16.6 Å². The van der Waals surface area contributed by atoms with Gasteiger partial charge in [-0.1, -0.05) is 30.3 Å². The number of alkyl halides is 3. The van der Waals surface area contributed by atoms with Crippen LogP contribution in [-0.4, -0.2) is 22.9 Å². The van der Waals surface area contributed by atoms with E-state index in [9.17, 15) is 23.1 Å². The molecule has 1 unspecified atom stereocenters. The molecule has 1 aliphatic rings. The Hall–Kier alpha value is -2.08. The molecule has 6 heteroatoms. The first-order chi connectivity index (χ1) is 9.32. The first-order valence-corrected chi connectivity index (χ1v) is 5.85. The molecule has 0 amide bonds. The molecule has 0 fully saturated rings. The summed E-state index contributed by atoms with van der Waals surface area (Å²) in [4.78, 5) is 12.0. The molecule has 0 spiro atoms. The third-order valence-electron chi connectivity index (χ3n) is 3.29. The summed E-state index contributed by atoms with van der Waals surface area (Å²) in [5.74, 6) is -4.50. The Bertz CT molecular complexity index is 708. The topological polar surface area (TPSA) is 46.5 Å². The molecule has 20 heavy (non-hydrogen) atoms. The fraction of sp³-hybridized carbons (Fsp3) is 0.214. The predicted molar refractivity (Wildman–Crippen MR) is 64.5 cm³/mol. The van der Waals surface area contributed by atoms with Gasteiger partial charge in [0.15, 0.2) is 5.78 Å². The standard InChI is InChI=1S/C14H9F3O3/c15-14(16,17)13(19)7-10(18)12-9-4-2-1-3-8(9)5-6-11(12)20-13/h1-6,19H,7H2. The zero-order valence-corrected chi connectivity index (χ0v) is 10.1. The number of hydrogen-bond donors (Lipinski definition) is 1. The van der Waals surface area contributed by atoms with Crippen LogP contribution in [0.5, 0.6) is 5.75 Å². The molecule has 1 N–H and O–H groups in total. The predicted octanol–water partition coefficient (Wildman–Crippen LogP) is 3.06. The lowest BCUT2D eigenvalue weighted by atomic mass is 9.93. The molecule has 104 valence electrons. The minimum Gasteiger partial charge on any atom is -0.452 e. The zero-order chi connectivity index (χ0) is 14.5. The average molecular weight is 282 g/mol. The number of carbonyl (C=O) groups is 1. The van der Waals surface area contributed by atoms with Crippen molar-refractivity contribution in [2.75, 3.05) is 0 Å². The van der Waals surface area contributed by atoms with Gasteiger partial charge in [0.2, 0.25) is 0 Å². The van der Waals surface area contributed by atoms with E-state index in [-0.39, 0.29) is 11.3 Å². The van der Waals surface area contributed by atoms with Crippen LogP contribution in [0.1, 0.15) is 16.8 Å². The first kappa shape index (κ1) is 12.9. The number of carbonyl (C=O) groups excluding carboxylic acids is 1. The third-order valence-corrected chi connectivity index (χ3v) is 3.29. The smallest absolute Gasteiger partial charge is 0.452 e. The van der Waals surface area contributed by atoms with E-state index in [1.807, 2.05) is 0 Å². The van der Waals surface area contributed by atoms with Crippen molar-refractivity contribution in [3.63, 3.8) is 0 Å². The van der Waals surface area contributed by atoms with Crippen LogP contribution in [0.2, 0.25) is 0 Å². The van der Waals surface area contributed by atoms with Gasteiger partial charge in [-0.2, -0.15) is 13.2 Å². The van der Waals surface area contributed by atoms with E-state index in [0.717, 1.165) is 5.39 Å². The summed E-state index contributed by atoms with van der Waals surface area (Å²) in [7, 11) is 0. The van der Waals surface area contributed by atoms with Crippen LogP contribution < -0.4 is 4.74 Å². The van der Waals surface area contributed by atoms with Crippen LogP contribution in [0.15, 0.2) is 36.4 Å². The van der Waals surface area contributed by atoms with Crippen LogP contribution in [0.4, 0.5) is 13.2 Å². The Morgan fingerprint density at radius 1 is 1.15 bits per heavy atom. The summed E-state index contributed by atoms with van der Waals surface area (Å²) < 4.78 is 43.0. The molecule has 0 saturated heterocycles. The second-order valence-electron chi connectivity index (χ2n) is 4.64. The molecule has 2 aromatic rings. The number of benzene rings is 2. The van der Waals surface area contributed by atoms with Crippen molar-refractivity contribution in [1.29, 1.82) is 0 Å². The van der Waals surface area contributed by atoms with Crippen molar-refractivity contribution in [2.24, 2.45) is 0 Å². The largest absolute Gasteiger partial charge is 0.455 e. The maximum Gasteiger partial charge on any atom is 0.455 e. The Morgan fingerprint density at radius 2 is 1.85 bits per heavy atom. The van der Waals surface area contributed by atoms with Crippen molar-refractivity contribution in [3.8, 4) is 5.75 Å². The van der Waals surface area contributed by atoms with Gasteiger partial charge < -0.3 is 9.84 Å². The summed E-state index contributed by atoms with van der Waals surface area (Å²) in [6.45, 7) is 0. The van der Waals surface area contributed by atoms with E-state index in [0.29, 0.717) is 5.39 Å². The summed E-state index contributed by atoms with van der Waals surface area (Å²) in [5.41, 5.74) is 0.0806. The molecule has 1 atom stereocenters. The lowest BCUT2D eigenvalue weighted by Crippen LogP contribution is -2.53. The molecule has 0 bridgehead atoms. The first-order valence-electron chi connectivity index (χ1n) is 5.85. The average Bonchev–Trinajstić information content (AvgIpc) is 2.36. The van der Waals surface area contributed by atoms with E-state index < -0.39 is 24.2 Å². The Balaban J connectivity index is 2.20. The highest BCUT2D eigenvalue weighted by Gasteiger charge is 2.60. The second kappa shape index (κ2) is 3.96. The Labute approximate surface area is 111 Å². The summed E-state index contributed by atoms with van der Waals surface area (Å²) in [6.07, 6.45) is -6.18. The normalized spacial score (nSPS) is 22.5. The van der Waals surface area contributed by atoms with E-state index in [2.05, 4.69) is 4.74 Å². The summed E-state index contributed by atoms with van der Waals surface area (Å²) in [5, 5.41) is 10.8. The second-order valence-corrected chi connectivity index (χ2v) is 4.64. The number of fused-ring (bicyclic) bond motifs is 3. The van der Waals surface area contributed by atoms with Crippen molar-refractivity contribution < 1.29 is 27.8 Å². The van der Waals surface area contributed by atoms with E-state index >= 15 is 0 Å². The number of ether oxygens (including phenoxy) is 1. The van der Waals surface area contributed by atoms with E-state index in [4.69, 9.17) is 0 Å². The minimum absolute atomic E-state index is 0.0806. The van der Waals surface area contributed by atoms with Crippen molar-refractivity contribution in [1.82, 2.24) is 0 Å². The number of Topliss-reactive ketones (excluding diaryl/α,β-unsaturated/α-hetero) is 1. The van der Waals surface area contributed by atoms with Gasteiger partial charge in [0.05, 0.1) is 12.0 Å². The van der Waals surface area contributed by atoms with Crippen molar-refractivity contribution in [3.05, 3.63) is 42.0 Å². The van der Waals surface area contributed by atoms with Crippen LogP contribution in [0.3, 0.4) is 0 Å².